The van der Waals surface area contributed by atoms with E-state index in [0.29, 0.717) is 13.0 Å². The second kappa shape index (κ2) is 8.45. The highest BCUT2D eigenvalue weighted by molar-refractivity contribution is 5.99. The maximum Gasteiger partial charge on any atom is 0.322 e. The van der Waals surface area contributed by atoms with Crippen LogP contribution >= 0.6 is 0 Å². The Kier molecular flexibility index (Phi) is 6.92. The third-order valence-corrected chi connectivity index (χ3v) is 3.22. The van der Waals surface area contributed by atoms with Crippen LogP contribution in [0.2, 0.25) is 0 Å². The van der Waals surface area contributed by atoms with Crippen molar-refractivity contribution in [2.75, 3.05) is 13.2 Å². The first-order valence-electron chi connectivity index (χ1n) is 7.37. The van der Waals surface area contributed by atoms with Gasteiger partial charge in [-0.1, -0.05) is 43.7 Å². The van der Waals surface area contributed by atoms with Crippen molar-refractivity contribution in [2.24, 2.45) is 5.41 Å². The molecule has 0 unspecified atom stereocenters. The van der Waals surface area contributed by atoms with Gasteiger partial charge in [0.25, 0.3) is 0 Å². The largest absolute Gasteiger partial charge is 0.465 e. The van der Waals surface area contributed by atoms with Gasteiger partial charge in [-0.2, -0.15) is 0 Å². The number of ether oxygens (including phenoxy) is 2. The summed E-state index contributed by atoms with van der Waals surface area (Å²) in [6, 6.07) is 9.75. The summed E-state index contributed by atoms with van der Waals surface area (Å²) in [7, 11) is 0. The first-order chi connectivity index (χ1) is 9.98. The van der Waals surface area contributed by atoms with Gasteiger partial charge in [-0.3, -0.25) is 9.59 Å². The van der Waals surface area contributed by atoms with Gasteiger partial charge in [-0.25, -0.2) is 0 Å². The third kappa shape index (κ3) is 5.58. The molecule has 1 rings (SSSR count). The summed E-state index contributed by atoms with van der Waals surface area (Å²) in [5, 5.41) is 0. The quantitative estimate of drug-likeness (QED) is 0.419. The van der Waals surface area contributed by atoms with Crippen LogP contribution in [0.15, 0.2) is 30.3 Å². The normalized spacial score (nSPS) is 11.0. The van der Waals surface area contributed by atoms with E-state index in [0.717, 1.165) is 18.4 Å². The molecule has 0 amide bonds. The van der Waals surface area contributed by atoms with E-state index < -0.39 is 17.4 Å². The van der Waals surface area contributed by atoms with Crippen molar-refractivity contribution in [3.63, 3.8) is 0 Å². The molecule has 0 aliphatic heterocycles. The Labute approximate surface area is 126 Å². The summed E-state index contributed by atoms with van der Waals surface area (Å²) in [4.78, 5) is 23.9. The van der Waals surface area contributed by atoms with Crippen LogP contribution in [0.1, 0.15) is 39.2 Å². The SMILES string of the molecule is CCCCOC(=O)C(C)(C)C(=O)OCCc1ccccc1. The Hall–Kier alpha value is -1.84. The van der Waals surface area contributed by atoms with E-state index in [1.54, 1.807) is 0 Å². The highest BCUT2D eigenvalue weighted by atomic mass is 16.6. The van der Waals surface area contributed by atoms with E-state index in [1.165, 1.54) is 13.8 Å². The van der Waals surface area contributed by atoms with Crippen molar-refractivity contribution >= 4 is 11.9 Å². The first-order valence-corrected chi connectivity index (χ1v) is 7.37. The van der Waals surface area contributed by atoms with E-state index in [9.17, 15) is 9.59 Å². The van der Waals surface area contributed by atoms with Crippen molar-refractivity contribution in [3.05, 3.63) is 35.9 Å². The fourth-order valence-electron chi connectivity index (χ4n) is 1.66. The molecule has 4 nitrogen and oxygen atoms in total. The van der Waals surface area contributed by atoms with E-state index in [1.807, 2.05) is 37.3 Å². The average Bonchev–Trinajstić information content (AvgIpc) is 2.48. The number of rotatable bonds is 8. The minimum atomic E-state index is -1.26. The zero-order valence-electron chi connectivity index (χ0n) is 13.1. The van der Waals surface area contributed by atoms with E-state index in [-0.39, 0.29) is 6.61 Å². The summed E-state index contributed by atoms with van der Waals surface area (Å²) in [5.41, 5.74) is -0.168. The Morgan fingerprint density at radius 3 is 2.14 bits per heavy atom. The predicted octanol–water partition coefficient (Wildman–Crippen LogP) is 3.14. The highest BCUT2D eigenvalue weighted by Gasteiger charge is 2.39. The lowest BCUT2D eigenvalue weighted by atomic mass is 9.94. The number of carbonyl (C=O) groups is 2. The number of benzene rings is 1. The Morgan fingerprint density at radius 2 is 1.57 bits per heavy atom. The minimum Gasteiger partial charge on any atom is -0.465 e. The van der Waals surface area contributed by atoms with Crippen molar-refractivity contribution in [1.82, 2.24) is 0 Å². The van der Waals surface area contributed by atoms with Crippen molar-refractivity contribution in [3.8, 4) is 0 Å². The molecule has 0 aliphatic carbocycles. The van der Waals surface area contributed by atoms with E-state index in [2.05, 4.69) is 0 Å². The molecular weight excluding hydrogens is 268 g/mol. The maximum atomic E-state index is 12.0. The zero-order valence-corrected chi connectivity index (χ0v) is 13.1. The summed E-state index contributed by atoms with van der Waals surface area (Å²) >= 11 is 0. The molecule has 0 bridgehead atoms. The second-order valence-corrected chi connectivity index (χ2v) is 5.49. The lowest BCUT2D eigenvalue weighted by Crippen LogP contribution is -2.37. The molecule has 21 heavy (non-hydrogen) atoms. The molecule has 1 aromatic carbocycles. The molecule has 0 saturated heterocycles. The molecule has 4 heteroatoms. The molecule has 0 spiro atoms. The van der Waals surface area contributed by atoms with Crippen molar-refractivity contribution in [1.29, 1.82) is 0 Å². The lowest BCUT2D eigenvalue weighted by molar-refractivity contribution is -0.169. The van der Waals surface area contributed by atoms with Gasteiger partial charge in [-0.05, 0) is 25.8 Å². The lowest BCUT2D eigenvalue weighted by Gasteiger charge is -2.20. The topological polar surface area (TPSA) is 52.6 Å². The van der Waals surface area contributed by atoms with Crippen LogP contribution in [0, 0.1) is 5.41 Å². The summed E-state index contributed by atoms with van der Waals surface area (Å²) in [5.74, 6) is -1.07. The monoisotopic (exact) mass is 292 g/mol. The van der Waals surface area contributed by atoms with Gasteiger partial charge in [0.1, 0.15) is 0 Å². The summed E-state index contributed by atoms with van der Waals surface area (Å²) in [6.07, 6.45) is 2.37. The Bertz CT molecular complexity index is 451. The zero-order chi connectivity index (χ0) is 15.7. The average molecular weight is 292 g/mol. The van der Waals surface area contributed by atoms with Crippen LogP contribution in [-0.4, -0.2) is 25.2 Å². The third-order valence-electron chi connectivity index (χ3n) is 3.22. The first kappa shape index (κ1) is 17.2. The van der Waals surface area contributed by atoms with Crippen LogP contribution in [-0.2, 0) is 25.5 Å². The van der Waals surface area contributed by atoms with Crippen LogP contribution in [0.25, 0.3) is 0 Å². The molecule has 0 N–H and O–H groups in total. The van der Waals surface area contributed by atoms with Gasteiger partial charge in [0.05, 0.1) is 13.2 Å². The minimum absolute atomic E-state index is 0.258. The van der Waals surface area contributed by atoms with Crippen LogP contribution < -0.4 is 0 Å². The van der Waals surface area contributed by atoms with Gasteiger partial charge in [-0.15, -0.1) is 0 Å². The highest BCUT2D eigenvalue weighted by Crippen LogP contribution is 2.20. The number of unbranched alkanes of at least 4 members (excludes halogenated alkanes) is 1. The molecule has 0 atom stereocenters. The molecule has 0 radical (unpaired) electrons. The van der Waals surface area contributed by atoms with E-state index in [4.69, 9.17) is 9.47 Å². The fraction of sp³-hybridized carbons (Fsp3) is 0.529. The Balaban J connectivity index is 2.40. The van der Waals surface area contributed by atoms with Gasteiger partial charge in [0.2, 0.25) is 0 Å². The molecule has 0 aromatic heterocycles. The molecule has 0 heterocycles. The van der Waals surface area contributed by atoms with Crippen LogP contribution in [0.5, 0.6) is 0 Å². The number of esters is 2. The standard InChI is InChI=1S/C17H24O4/c1-4-5-12-20-15(18)17(2,3)16(19)21-13-11-14-9-7-6-8-10-14/h6-10H,4-5,11-13H2,1-3H3. The molecule has 1 aromatic rings. The summed E-state index contributed by atoms with van der Waals surface area (Å²) < 4.78 is 10.3. The van der Waals surface area contributed by atoms with Gasteiger partial charge < -0.3 is 9.47 Å². The van der Waals surface area contributed by atoms with Crippen molar-refractivity contribution < 1.29 is 19.1 Å². The number of hydrogen-bond acceptors (Lipinski definition) is 4. The second-order valence-electron chi connectivity index (χ2n) is 5.49. The van der Waals surface area contributed by atoms with Gasteiger partial charge in [0, 0.05) is 6.42 Å². The molecule has 0 aliphatic rings. The van der Waals surface area contributed by atoms with Crippen molar-refractivity contribution in [2.45, 2.75) is 40.0 Å². The number of carbonyl (C=O) groups excluding carboxylic acids is 2. The van der Waals surface area contributed by atoms with E-state index >= 15 is 0 Å². The molecule has 116 valence electrons. The van der Waals surface area contributed by atoms with Gasteiger partial charge >= 0.3 is 11.9 Å². The predicted molar refractivity (Wildman–Crippen MR) is 80.8 cm³/mol. The molecule has 0 saturated carbocycles. The van der Waals surface area contributed by atoms with Crippen LogP contribution in [0.4, 0.5) is 0 Å². The number of hydrogen-bond donors (Lipinski definition) is 0. The fourth-order valence-corrected chi connectivity index (χ4v) is 1.66. The Morgan fingerprint density at radius 1 is 1.00 bits per heavy atom. The van der Waals surface area contributed by atoms with Gasteiger partial charge in [0.15, 0.2) is 5.41 Å². The van der Waals surface area contributed by atoms with Crippen LogP contribution in [0.3, 0.4) is 0 Å². The smallest absolute Gasteiger partial charge is 0.322 e. The molecular formula is C17H24O4. The maximum absolute atomic E-state index is 12.0. The summed E-state index contributed by atoms with van der Waals surface area (Å²) in [6.45, 7) is 5.68. The molecule has 0 fully saturated rings.